The number of hydrogen-bond acceptors (Lipinski definition) is 5. The molecule has 0 spiro atoms. The van der Waals surface area contributed by atoms with Gasteiger partial charge in [-0.3, -0.25) is 0 Å². The molecule has 0 radical (unpaired) electrons. The Labute approximate surface area is 212 Å². The monoisotopic (exact) mass is 506 g/mol. The number of hydrogen-bond donors (Lipinski definition) is 5. The SMILES string of the molecule is CCCCCCCCC1CCCC(CCCC(O)C(O)CCC)C1CCCCCC.OP(O)O. The van der Waals surface area contributed by atoms with Crippen LogP contribution >= 0.6 is 8.60 Å². The third kappa shape index (κ3) is 18.5. The zero-order valence-electron chi connectivity index (χ0n) is 22.7. The van der Waals surface area contributed by atoms with Crippen LogP contribution in [0.25, 0.3) is 0 Å². The second-order valence-electron chi connectivity index (χ2n) is 10.6. The van der Waals surface area contributed by atoms with Gasteiger partial charge in [0.25, 0.3) is 0 Å². The highest BCUT2D eigenvalue weighted by Gasteiger charge is 2.32. The van der Waals surface area contributed by atoms with Crippen LogP contribution in [0.2, 0.25) is 0 Å². The fraction of sp³-hybridized carbons (Fsp3) is 1.00. The standard InChI is InChI=1S/C28H56O2.H3O3P/c1-4-7-9-11-12-13-18-24-19-15-20-25(26(24)22-14-10-8-5-2)21-16-23-28(30)27(29)17-6-3;1-4(2)3/h24-30H,4-23H2,1-3H3;1-3H. The van der Waals surface area contributed by atoms with E-state index in [4.69, 9.17) is 14.7 Å². The summed E-state index contributed by atoms with van der Waals surface area (Å²) in [6.07, 6.45) is 25.0. The van der Waals surface area contributed by atoms with Gasteiger partial charge in [0.1, 0.15) is 0 Å². The molecule has 1 aliphatic rings. The lowest BCUT2D eigenvalue weighted by atomic mass is 9.66. The van der Waals surface area contributed by atoms with Crippen molar-refractivity contribution >= 4 is 8.60 Å². The van der Waals surface area contributed by atoms with E-state index in [9.17, 15) is 10.2 Å². The summed E-state index contributed by atoms with van der Waals surface area (Å²) < 4.78 is 0. The van der Waals surface area contributed by atoms with E-state index in [1.54, 1.807) is 0 Å². The molecule has 0 aromatic carbocycles. The second-order valence-corrected chi connectivity index (χ2v) is 11.2. The molecule has 1 fully saturated rings. The molecule has 5 unspecified atom stereocenters. The Kier molecular flexibility index (Phi) is 23.8. The molecule has 6 heteroatoms. The molecule has 206 valence electrons. The Morgan fingerprint density at radius 1 is 0.588 bits per heavy atom. The topological polar surface area (TPSA) is 101 Å². The number of rotatable bonds is 19. The summed E-state index contributed by atoms with van der Waals surface area (Å²) in [5, 5.41) is 20.3. The van der Waals surface area contributed by atoms with Gasteiger partial charge in [-0.15, -0.1) is 0 Å². The van der Waals surface area contributed by atoms with Gasteiger partial charge in [0.15, 0.2) is 0 Å². The van der Waals surface area contributed by atoms with Gasteiger partial charge < -0.3 is 24.9 Å². The molecule has 1 saturated carbocycles. The van der Waals surface area contributed by atoms with Crippen molar-refractivity contribution in [1.82, 2.24) is 0 Å². The minimum Gasteiger partial charge on any atom is -0.390 e. The maximum atomic E-state index is 10.3. The number of aliphatic hydroxyl groups is 2. The van der Waals surface area contributed by atoms with E-state index in [2.05, 4.69) is 20.8 Å². The summed E-state index contributed by atoms with van der Waals surface area (Å²) in [5.74, 6) is 2.73. The van der Waals surface area contributed by atoms with Crippen molar-refractivity contribution in [2.75, 3.05) is 0 Å². The Balaban J connectivity index is 0.00000251. The van der Waals surface area contributed by atoms with Gasteiger partial charge >= 0.3 is 8.60 Å². The van der Waals surface area contributed by atoms with Gasteiger partial charge in [-0.2, -0.15) is 0 Å². The molecule has 0 heterocycles. The highest BCUT2D eigenvalue weighted by Crippen LogP contribution is 2.43. The summed E-state index contributed by atoms with van der Waals surface area (Å²) in [6, 6.07) is 0. The Morgan fingerprint density at radius 3 is 1.59 bits per heavy atom. The molecular formula is C28H59O5P. The zero-order chi connectivity index (χ0) is 25.6. The fourth-order valence-electron chi connectivity index (χ4n) is 5.91. The Morgan fingerprint density at radius 2 is 1.03 bits per heavy atom. The van der Waals surface area contributed by atoms with E-state index in [1.165, 1.54) is 103 Å². The van der Waals surface area contributed by atoms with Crippen LogP contribution in [0.5, 0.6) is 0 Å². The molecule has 0 saturated heterocycles. The highest BCUT2D eigenvalue weighted by atomic mass is 31.2. The Hall–Kier alpha value is 0.230. The summed E-state index contributed by atoms with van der Waals surface area (Å²) in [7, 11) is -2.62. The molecule has 5 atom stereocenters. The van der Waals surface area contributed by atoms with Gasteiger partial charge in [0, 0.05) is 0 Å². The molecule has 0 aliphatic heterocycles. The first-order valence-electron chi connectivity index (χ1n) is 14.6. The van der Waals surface area contributed by atoms with Crippen LogP contribution in [0.1, 0.15) is 149 Å². The van der Waals surface area contributed by atoms with Crippen LogP contribution in [0.4, 0.5) is 0 Å². The lowest BCUT2D eigenvalue weighted by molar-refractivity contribution is 0.00611. The third-order valence-electron chi connectivity index (χ3n) is 7.78. The molecule has 34 heavy (non-hydrogen) atoms. The van der Waals surface area contributed by atoms with Crippen molar-refractivity contribution in [3.05, 3.63) is 0 Å². The van der Waals surface area contributed by atoms with Crippen LogP contribution in [0, 0.1) is 17.8 Å². The molecular weight excluding hydrogens is 447 g/mol. The van der Waals surface area contributed by atoms with Crippen LogP contribution in [-0.4, -0.2) is 37.1 Å². The smallest absolute Gasteiger partial charge is 0.324 e. The average Bonchev–Trinajstić information content (AvgIpc) is 2.79. The highest BCUT2D eigenvalue weighted by molar-refractivity contribution is 7.38. The first-order chi connectivity index (χ1) is 16.4. The third-order valence-corrected chi connectivity index (χ3v) is 7.78. The summed E-state index contributed by atoms with van der Waals surface area (Å²) >= 11 is 0. The van der Waals surface area contributed by atoms with E-state index >= 15 is 0 Å². The normalized spacial score (nSPS) is 22.3. The van der Waals surface area contributed by atoms with Crippen molar-refractivity contribution < 1.29 is 24.9 Å². The molecule has 1 aliphatic carbocycles. The molecule has 1 rings (SSSR count). The fourth-order valence-corrected chi connectivity index (χ4v) is 5.91. The predicted octanol–water partition coefficient (Wildman–Crippen LogP) is 7.62. The van der Waals surface area contributed by atoms with Crippen molar-refractivity contribution in [3.8, 4) is 0 Å². The van der Waals surface area contributed by atoms with E-state index < -0.39 is 20.8 Å². The minimum atomic E-state index is -2.62. The van der Waals surface area contributed by atoms with Gasteiger partial charge in [-0.25, -0.2) is 0 Å². The lowest BCUT2D eigenvalue weighted by Crippen LogP contribution is -2.29. The first kappa shape index (κ1) is 34.2. The van der Waals surface area contributed by atoms with E-state index in [0.717, 1.165) is 43.4 Å². The average molecular weight is 507 g/mol. The minimum absolute atomic E-state index is 0.518. The Bertz CT molecular complexity index is 421. The molecule has 0 bridgehead atoms. The first-order valence-corrected chi connectivity index (χ1v) is 15.8. The van der Waals surface area contributed by atoms with E-state index in [-0.39, 0.29) is 0 Å². The lowest BCUT2D eigenvalue weighted by Gasteiger charge is -2.39. The van der Waals surface area contributed by atoms with Crippen molar-refractivity contribution in [3.63, 3.8) is 0 Å². The van der Waals surface area contributed by atoms with Gasteiger partial charge in [0.2, 0.25) is 0 Å². The quantitative estimate of drug-likeness (QED) is 0.0916. The molecule has 5 N–H and O–H groups in total. The largest absolute Gasteiger partial charge is 0.390 e. The van der Waals surface area contributed by atoms with Crippen LogP contribution < -0.4 is 0 Å². The summed E-state index contributed by atoms with van der Waals surface area (Å²) in [6.45, 7) is 6.68. The van der Waals surface area contributed by atoms with Crippen LogP contribution in [0.15, 0.2) is 0 Å². The maximum Gasteiger partial charge on any atom is 0.324 e. The summed E-state index contributed by atoms with van der Waals surface area (Å²) in [5.41, 5.74) is 0. The summed E-state index contributed by atoms with van der Waals surface area (Å²) in [4.78, 5) is 21.7. The van der Waals surface area contributed by atoms with E-state index in [0.29, 0.717) is 0 Å². The number of unbranched alkanes of at least 4 members (excludes halogenated alkanes) is 8. The van der Waals surface area contributed by atoms with Gasteiger partial charge in [-0.1, -0.05) is 130 Å². The zero-order valence-corrected chi connectivity index (χ0v) is 23.6. The molecule has 0 aromatic rings. The second kappa shape index (κ2) is 23.6. The van der Waals surface area contributed by atoms with Crippen molar-refractivity contribution in [2.45, 2.75) is 161 Å². The van der Waals surface area contributed by atoms with E-state index in [1.807, 2.05) is 0 Å². The van der Waals surface area contributed by atoms with Crippen LogP contribution in [0.3, 0.4) is 0 Å². The molecule has 5 nitrogen and oxygen atoms in total. The molecule has 0 aromatic heterocycles. The van der Waals surface area contributed by atoms with Gasteiger partial charge in [0.05, 0.1) is 12.2 Å². The number of aliphatic hydroxyl groups excluding tert-OH is 2. The van der Waals surface area contributed by atoms with Crippen molar-refractivity contribution in [2.24, 2.45) is 17.8 Å². The van der Waals surface area contributed by atoms with Crippen LogP contribution in [-0.2, 0) is 0 Å². The predicted molar refractivity (Wildman–Crippen MR) is 145 cm³/mol. The molecule has 0 amide bonds. The van der Waals surface area contributed by atoms with Gasteiger partial charge in [-0.05, 0) is 37.0 Å². The van der Waals surface area contributed by atoms with Crippen molar-refractivity contribution in [1.29, 1.82) is 0 Å². The maximum absolute atomic E-state index is 10.3.